The van der Waals surface area contributed by atoms with Crippen molar-refractivity contribution < 1.29 is 13.2 Å². The number of halogens is 3. The van der Waals surface area contributed by atoms with E-state index < -0.39 is 11.7 Å². The molecule has 0 aromatic heterocycles. The Morgan fingerprint density at radius 1 is 1.22 bits per heavy atom. The molecule has 1 aromatic rings. The molecule has 0 radical (unpaired) electrons. The van der Waals surface area contributed by atoms with Gasteiger partial charge in [0.05, 0.1) is 17.2 Å². The highest BCUT2D eigenvalue weighted by Crippen LogP contribution is 2.38. The van der Waals surface area contributed by atoms with Crippen LogP contribution >= 0.6 is 11.8 Å². The Kier molecular flexibility index (Phi) is 3.86. The van der Waals surface area contributed by atoms with Crippen molar-refractivity contribution in [2.24, 2.45) is 0 Å². The van der Waals surface area contributed by atoms with Crippen LogP contribution in [0.5, 0.6) is 0 Å². The molecule has 96 valence electrons. The third kappa shape index (κ3) is 2.99. The maximum absolute atomic E-state index is 12.8. The average molecular weight is 271 g/mol. The lowest BCUT2D eigenvalue weighted by molar-refractivity contribution is -0.137. The van der Waals surface area contributed by atoms with Crippen molar-refractivity contribution in [1.29, 1.82) is 5.26 Å². The van der Waals surface area contributed by atoms with E-state index in [1.807, 2.05) is 0 Å². The minimum atomic E-state index is -4.46. The van der Waals surface area contributed by atoms with Crippen LogP contribution in [0.3, 0.4) is 0 Å². The number of alkyl halides is 3. The molecule has 0 atom stereocenters. The van der Waals surface area contributed by atoms with E-state index in [-0.39, 0.29) is 5.56 Å². The first-order valence-corrected chi connectivity index (χ1v) is 6.66. The van der Waals surface area contributed by atoms with E-state index in [4.69, 9.17) is 5.26 Å². The van der Waals surface area contributed by atoms with Crippen molar-refractivity contribution in [2.45, 2.75) is 42.0 Å². The van der Waals surface area contributed by atoms with Gasteiger partial charge in [-0.05, 0) is 31.0 Å². The zero-order valence-electron chi connectivity index (χ0n) is 9.63. The fourth-order valence-electron chi connectivity index (χ4n) is 2.13. The lowest BCUT2D eigenvalue weighted by Crippen LogP contribution is -2.08. The zero-order chi connectivity index (χ0) is 13.2. The first-order chi connectivity index (χ1) is 8.50. The summed E-state index contributed by atoms with van der Waals surface area (Å²) in [5, 5.41) is 9.12. The molecule has 1 fully saturated rings. The zero-order valence-corrected chi connectivity index (χ0v) is 10.4. The van der Waals surface area contributed by atoms with Crippen LogP contribution in [0.15, 0.2) is 23.1 Å². The molecule has 1 aromatic carbocycles. The fraction of sp³-hybridized carbons (Fsp3) is 0.462. The monoisotopic (exact) mass is 271 g/mol. The highest BCUT2D eigenvalue weighted by Gasteiger charge is 2.34. The normalized spacial score (nSPS) is 16.8. The Labute approximate surface area is 108 Å². The number of rotatable bonds is 2. The summed E-state index contributed by atoms with van der Waals surface area (Å²) in [6, 6.07) is 5.56. The van der Waals surface area contributed by atoms with Gasteiger partial charge >= 0.3 is 6.18 Å². The lowest BCUT2D eigenvalue weighted by atomic mass is 10.1. The van der Waals surface area contributed by atoms with Gasteiger partial charge in [-0.1, -0.05) is 12.8 Å². The summed E-state index contributed by atoms with van der Waals surface area (Å²) in [4.78, 5) is 0.605. The molecule has 1 nitrogen and oxygen atoms in total. The second-order valence-electron chi connectivity index (χ2n) is 4.34. The Bertz CT molecular complexity index is 470. The van der Waals surface area contributed by atoms with Crippen molar-refractivity contribution in [3.8, 4) is 6.07 Å². The smallest absolute Gasteiger partial charge is 0.192 e. The number of nitriles is 1. The van der Waals surface area contributed by atoms with Crippen LogP contribution in [0.2, 0.25) is 0 Å². The molecule has 2 rings (SSSR count). The quantitative estimate of drug-likeness (QED) is 0.784. The van der Waals surface area contributed by atoms with Crippen LogP contribution < -0.4 is 0 Å². The summed E-state index contributed by atoms with van der Waals surface area (Å²) in [5.41, 5.74) is -1.13. The number of hydrogen-bond donors (Lipinski definition) is 0. The third-order valence-electron chi connectivity index (χ3n) is 3.02. The van der Waals surface area contributed by atoms with E-state index in [1.54, 1.807) is 12.1 Å². The summed E-state index contributed by atoms with van der Waals surface area (Å²) in [7, 11) is 0. The summed E-state index contributed by atoms with van der Waals surface area (Å²) >= 11 is 1.49. The van der Waals surface area contributed by atoms with Crippen LogP contribution in [-0.2, 0) is 6.18 Å². The van der Waals surface area contributed by atoms with Crippen molar-refractivity contribution >= 4 is 11.8 Å². The Morgan fingerprint density at radius 3 is 2.44 bits per heavy atom. The number of nitrogens with zero attached hydrogens (tertiary/aromatic N) is 1. The second kappa shape index (κ2) is 5.23. The van der Waals surface area contributed by atoms with Gasteiger partial charge in [0.2, 0.25) is 0 Å². The van der Waals surface area contributed by atoms with Crippen LogP contribution in [0, 0.1) is 11.3 Å². The number of thioether (sulfide) groups is 1. The van der Waals surface area contributed by atoms with E-state index in [2.05, 4.69) is 0 Å². The van der Waals surface area contributed by atoms with Gasteiger partial charge in [-0.3, -0.25) is 0 Å². The number of benzene rings is 1. The molecule has 0 amide bonds. The molecule has 0 bridgehead atoms. The molecule has 0 saturated heterocycles. The molecule has 0 spiro atoms. The van der Waals surface area contributed by atoms with E-state index in [0.717, 1.165) is 31.7 Å². The van der Waals surface area contributed by atoms with Crippen LogP contribution in [0.4, 0.5) is 13.2 Å². The maximum Gasteiger partial charge on any atom is 0.417 e. The standard InChI is InChI=1S/C13H12F3NS/c14-13(15,16)12-7-11(6-5-9(12)8-17)18-10-3-1-2-4-10/h5-7,10H,1-4H2. The highest BCUT2D eigenvalue weighted by molar-refractivity contribution is 8.00. The molecule has 0 N–H and O–H groups in total. The summed E-state index contributed by atoms with van der Waals surface area (Å²) in [6.07, 6.45) is -0.0322. The molecule has 0 heterocycles. The molecule has 1 aliphatic carbocycles. The first-order valence-electron chi connectivity index (χ1n) is 5.78. The van der Waals surface area contributed by atoms with E-state index in [9.17, 15) is 13.2 Å². The Morgan fingerprint density at radius 2 is 1.89 bits per heavy atom. The summed E-state index contributed by atoms with van der Waals surface area (Å²) in [5.74, 6) is 0. The van der Waals surface area contributed by atoms with Crippen molar-refractivity contribution in [3.05, 3.63) is 29.3 Å². The molecule has 5 heteroatoms. The minimum absolute atomic E-state index is 0.307. The van der Waals surface area contributed by atoms with E-state index in [1.165, 1.54) is 17.8 Å². The van der Waals surface area contributed by atoms with Crippen LogP contribution in [0.1, 0.15) is 36.8 Å². The number of hydrogen-bond acceptors (Lipinski definition) is 2. The Balaban J connectivity index is 2.25. The maximum atomic E-state index is 12.8. The fourth-order valence-corrected chi connectivity index (χ4v) is 3.41. The van der Waals surface area contributed by atoms with Gasteiger partial charge in [-0.25, -0.2) is 0 Å². The van der Waals surface area contributed by atoms with Gasteiger partial charge in [0, 0.05) is 10.1 Å². The minimum Gasteiger partial charge on any atom is -0.192 e. The molecular formula is C13H12F3NS. The topological polar surface area (TPSA) is 23.8 Å². The molecule has 1 saturated carbocycles. The first kappa shape index (κ1) is 13.3. The largest absolute Gasteiger partial charge is 0.417 e. The molecule has 0 aliphatic heterocycles. The van der Waals surface area contributed by atoms with Gasteiger partial charge in [0.25, 0.3) is 0 Å². The third-order valence-corrected chi connectivity index (χ3v) is 4.35. The van der Waals surface area contributed by atoms with Gasteiger partial charge in [0.1, 0.15) is 0 Å². The summed E-state index contributed by atoms with van der Waals surface area (Å²) < 4.78 is 38.3. The molecule has 0 unspecified atom stereocenters. The highest BCUT2D eigenvalue weighted by atomic mass is 32.2. The predicted molar refractivity (Wildman–Crippen MR) is 64.3 cm³/mol. The lowest BCUT2D eigenvalue weighted by Gasteiger charge is -2.13. The van der Waals surface area contributed by atoms with E-state index >= 15 is 0 Å². The Hall–Kier alpha value is -1.15. The van der Waals surface area contributed by atoms with Crippen molar-refractivity contribution in [3.63, 3.8) is 0 Å². The van der Waals surface area contributed by atoms with E-state index in [0.29, 0.717) is 10.1 Å². The van der Waals surface area contributed by atoms with Gasteiger partial charge < -0.3 is 0 Å². The van der Waals surface area contributed by atoms with Gasteiger partial charge in [0.15, 0.2) is 0 Å². The van der Waals surface area contributed by atoms with Crippen LogP contribution in [0.25, 0.3) is 0 Å². The molecular weight excluding hydrogens is 259 g/mol. The second-order valence-corrected chi connectivity index (χ2v) is 5.72. The SMILES string of the molecule is N#Cc1ccc(SC2CCCC2)cc1C(F)(F)F. The van der Waals surface area contributed by atoms with Crippen LogP contribution in [-0.4, -0.2) is 5.25 Å². The van der Waals surface area contributed by atoms with Gasteiger partial charge in [-0.15, -0.1) is 11.8 Å². The van der Waals surface area contributed by atoms with Gasteiger partial charge in [-0.2, -0.15) is 18.4 Å². The average Bonchev–Trinajstić information content (AvgIpc) is 2.80. The summed E-state index contributed by atoms with van der Waals surface area (Å²) in [6.45, 7) is 0. The molecule has 1 aliphatic rings. The van der Waals surface area contributed by atoms with Crippen molar-refractivity contribution in [1.82, 2.24) is 0 Å². The molecule has 18 heavy (non-hydrogen) atoms. The van der Waals surface area contributed by atoms with Crippen molar-refractivity contribution in [2.75, 3.05) is 0 Å². The predicted octanol–water partition coefficient (Wildman–Crippen LogP) is 4.61.